The number of rotatable bonds is 30. The minimum Gasteiger partial charge on any atom is -0.497 e. The van der Waals surface area contributed by atoms with Crippen LogP contribution < -0.4 is 51.4 Å². The Balaban J connectivity index is 0.000000152. The number of nitrogens with zero attached hydrogens (tertiary/aromatic N) is 1. The summed E-state index contributed by atoms with van der Waals surface area (Å²) in [6, 6.07) is 69.3. The zero-order chi connectivity index (χ0) is 96.0. The molecule has 0 aromatic heterocycles. The van der Waals surface area contributed by atoms with E-state index < -0.39 is 63.6 Å². The van der Waals surface area contributed by atoms with E-state index in [1.807, 2.05) is 153 Å². The van der Waals surface area contributed by atoms with Crippen LogP contribution in [0.1, 0.15) is 164 Å². The molecule has 2 aliphatic carbocycles. The quantitative estimate of drug-likeness (QED) is 0.0202. The molecule has 0 bridgehead atoms. The number of ether oxygens (including phenoxy) is 1. The summed E-state index contributed by atoms with van der Waals surface area (Å²) in [5.41, 5.74) is 11.8. The van der Waals surface area contributed by atoms with Gasteiger partial charge >= 0.3 is 0 Å². The Morgan fingerprint density at radius 3 is 1.29 bits per heavy atom. The maximum Gasteiger partial charge on any atom is 0.241 e. The van der Waals surface area contributed by atoms with Crippen molar-refractivity contribution in [3.8, 4) is 5.75 Å². The highest BCUT2D eigenvalue weighted by Crippen LogP contribution is 2.36. The number of aryl methyl sites for hydroxylation is 5. The molecule has 27 nitrogen and oxygen atoms in total. The number of sulfone groups is 2. The van der Waals surface area contributed by atoms with E-state index in [0.717, 1.165) is 89.5 Å². The summed E-state index contributed by atoms with van der Waals surface area (Å²) in [6.45, 7) is 7.03. The molecular weight excluding hydrogens is 1790 g/mol. The fraction of sp³-hybridized carbons (Fsp3) is 0.346. The predicted molar refractivity (Wildman–Crippen MR) is 521 cm³/mol. The third-order valence-electron chi connectivity index (χ3n) is 25.8. The van der Waals surface area contributed by atoms with Crippen LogP contribution in [0.25, 0.3) is 0 Å². The number of anilines is 4. The molecule has 710 valence electrons. The van der Waals surface area contributed by atoms with Crippen molar-refractivity contribution in [3.05, 3.63) is 304 Å². The van der Waals surface area contributed by atoms with Crippen LogP contribution in [-0.2, 0) is 130 Å². The van der Waals surface area contributed by atoms with E-state index in [1.165, 1.54) is 36.2 Å². The van der Waals surface area contributed by atoms with Gasteiger partial charge in [0.25, 0.3) is 0 Å². The summed E-state index contributed by atoms with van der Waals surface area (Å²) < 4.78 is 117. The maximum absolute atomic E-state index is 13.5. The molecule has 135 heavy (non-hydrogen) atoms. The number of carbonyl (C=O) groups is 8. The summed E-state index contributed by atoms with van der Waals surface area (Å²) in [5, 5.41) is 20.0. The van der Waals surface area contributed by atoms with Crippen LogP contribution in [0, 0.1) is 18.8 Å². The standard InChI is InChI=1S/C27H29N3O4S.C26H26N2O5S.C26H32N2O4S.C25H31N3O4S/c1-19-7-9-20(10-8-19)15-16-28-27(32)25(17-21-5-3-2-4-6-21)30-35(33,34)23-12-13-24-22(18-23)11-14-26(31)29-24;1-33-21-9-5-6-18(14-21)16-27-26(30)23(19-7-3-2-4-8-19)17-34(31,32)22-11-12-24-20(15-22)10-13-25(29)28-24;1-17-7-6-10-23(18(17)2)28-26(30)22(19-8-4-3-5-9-19)16-33(31,32)21-12-13-24-20(15-21)11-14-25(29)27-24;1-28(20-10-6-3-7-11-20)25(30)23(16-18-8-4-2-5-9-18)27-33(31,32)21-13-14-22-19(17-21)12-15-24(29)26-22/h2-10,12-13,18,25,30H,11,14-17H2,1H3,(H,28,32)(H,29,31);2-9,11-12,14-15,23H,10,13,16-17H2,1H3,(H,27,30)(H,28,29);3-5,8-9,12-13,15,17-18,22-23H,6-7,10-11,14,16H2,1-2H3,(H,27,29)(H,28,30);2,4-5,8-9,13-14,17,20,23,27H,3,6-7,10-12,15-16H2,1H3,(H,26,29). The number of benzene rings is 10. The monoisotopic (exact) mass is 1910 g/mol. The van der Waals surface area contributed by atoms with Crippen molar-refractivity contribution in [1.82, 2.24) is 30.3 Å². The van der Waals surface area contributed by atoms with Crippen molar-refractivity contribution in [3.63, 3.8) is 0 Å². The van der Waals surface area contributed by atoms with Crippen molar-refractivity contribution in [2.45, 2.75) is 205 Å². The lowest BCUT2D eigenvalue weighted by Gasteiger charge is -2.35. The van der Waals surface area contributed by atoms with Gasteiger partial charge in [0.05, 0.1) is 50.0 Å². The Morgan fingerprint density at radius 2 is 0.830 bits per heavy atom. The Bertz CT molecular complexity index is 6390. The number of fused-ring (bicyclic) bond motifs is 4. The fourth-order valence-corrected chi connectivity index (χ4v) is 23.3. The third-order valence-corrected chi connectivity index (χ3v) is 32.2. The highest BCUT2D eigenvalue weighted by Gasteiger charge is 2.38. The number of hydrogen-bond donors (Lipinski definition) is 9. The van der Waals surface area contributed by atoms with Gasteiger partial charge in [-0.2, -0.15) is 9.44 Å². The van der Waals surface area contributed by atoms with E-state index in [-0.39, 0.29) is 110 Å². The lowest BCUT2D eigenvalue weighted by molar-refractivity contribution is -0.134. The number of carbonyl (C=O) groups excluding carboxylic acids is 8. The van der Waals surface area contributed by atoms with Gasteiger partial charge in [-0.25, -0.2) is 33.7 Å². The normalized spacial score (nSPS) is 17.3. The van der Waals surface area contributed by atoms with Crippen molar-refractivity contribution in [2.24, 2.45) is 11.8 Å². The first-order valence-electron chi connectivity index (χ1n) is 45.9. The molecule has 9 N–H and O–H groups in total. The van der Waals surface area contributed by atoms with Crippen molar-refractivity contribution >= 4 is 110 Å². The van der Waals surface area contributed by atoms with Gasteiger partial charge in [0.15, 0.2) is 19.7 Å². The van der Waals surface area contributed by atoms with Gasteiger partial charge in [-0.05, 0) is 224 Å². The van der Waals surface area contributed by atoms with Crippen molar-refractivity contribution in [1.29, 1.82) is 0 Å². The Kier molecular flexibility index (Phi) is 34.2. The van der Waals surface area contributed by atoms with Crippen molar-refractivity contribution in [2.75, 3.05) is 53.5 Å². The lowest BCUT2D eigenvalue weighted by Crippen LogP contribution is -2.51. The summed E-state index contributed by atoms with van der Waals surface area (Å²) in [6.07, 6.45) is 12.8. The largest absolute Gasteiger partial charge is 0.497 e. The number of likely N-dealkylation sites (N-methyl/N-ethyl adjacent to an activating group) is 1. The first-order valence-corrected chi connectivity index (χ1v) is 52.2. The second-order valence-electron chi connectivity index (χ2n) is 35.4. The predicted octanol–water partition coefficient (Wildman–Crippen LogP) is 13.9. The zero-order valence-electron chi connectivity index (χ0n) is 76.5. The van der Waals surface area contributed by atoms with Crippen LogP contribution in [0.5, 0.6) is 5.75 Å². The van der Waals surface area contributed by atoms with Gasteiger partial charge in [-0.3, -0.25) is 38.4 Å². The van der Waals surface area contributed by atoms with Crippen LogP contribution in [0.4, 0.5) is 22.7 Å². The minimum atomic E-state index is -3.98. The van der Waals surface area contributed by atoms with E-state index in [0.29, 0.717) is 116 Å². The topological polar surface area (TPSA) is 394 Å². The molecule has 2 fully saturated rings. The molecule has 10 aromatic carbocycles. The Labute approximate surface area is 791 Å². The highest BCUT2D eigenvalue weighted by molar-refractivity contribution is 7.92. The molecule has 0 saturated heterocycles. The summed E-state index contributed by atoms with van der Waals surface area (Å²) in [4.78, 5) is 102. The molecule has 8 amide bonds. The van der Waals surface area contributed by atoms with Crippen LogP contribution in [0.2, 0.25) is 0 Å². The number of hydrogen-bond acceptors (Lipinski definition) is 17. The van der Waals surface area contributed by atoms with Crippen molar-refractivity contribution < 1.29 is 76.8 Å². The number of nitrogens with one attached hydrogen (secondary N) is 9. The summed E-state index contributed by atoms with van der Waals surface area (Å²) in [5.74, 6) is -2.29. The molecule has 31 heteroatoms. The van der Waals surface area contributed by atoms with Gasteiger partial charge in [0, 0.05) is 80.7 Å². The van der Waals surface area contributed by atoms with E-state index in [1.54, 1.807) is 91.9 Å². The molecule has 10 aromatic rings. The smallest absolute Gasteiger partial charge is 0.241 e. The van der Waals surface area contributed by atoms with Gasteiger partial charge in [0.2, 0.25) is 67.3 Å². The highest BCUT2D eigenvalue weighted by atomic mass is 32.2. The van der Waals surface area contributed by atoms with Gasteiger partial charge < -0.3 is 46.9 Å². The maximum atomic E-state index is 13.5. The molecule has 7 atom stereocenters. The van der Waals surface area contributed by atoms with Crippen LogP contribution in [0.15, 0.2) is 262 Å². The number of amides is 8. The molecule has 7 unspecified atom stereocenters. The van der Waals surface area contributed by atoms with Crippen LogP contribution in [0.3, 0.4) is 0 Å². The number of methoxy groups -OCH3 is 1. The Morgan fingerprint density at radius 1 is 0.415 bits per heavy atom. The lowest BCUT2D eigenvalue weighted by atomic mass is 9.78. The molecule has 2 saturated carbocycles. The van der Waals surface area contributed by atoms with Crippen LogP contribution >= 0.6 is 0 Å². The van der Waals surface area contributed by atoms with Gasteiger partial charge in [-0.1, -0.05) is 209 Å². The average Bonchev–Trinajstić information content (AvgIpc) is 0.795. The molecular formula is C104H118N10O17S4. The molecule has 16 rings (SSSR count). The average molecular weight is 1910 g/mol. The Hall–Kier alpha value is -12.5. The molecule has 0 radical (unpaired) electrons. The zero-order valence-corrected chi connectivity index (χ0v) is 79.8. The number of sulfonamides is 2. The fourth-order valence-electron chi connectivity index (χ4n) is 17.7. The summed E-state index contributed by atoms with van der Waals surface area (Å²) >= 11 is 0. The molecule has 6 aliphatic rings. The van der Waals surface area contributed by atoms with E-state index in [9.17, 15) is 72.0 Å². The van der Waals surface area contributed by atoms with E-state index in [4.69, 9.17) is 4.74 Å². The second-order valence-corrected chi connectivity index (χ2v) is 42.9. The van der Waals surface area contributed by atoms with Gasteiger partial charge in [0.1, 0.15) is 17.8 Å². The van der Waals surface area contributed by atoms with Crippen LogP contribution in [-0.4, -0.2) is 142 Å². The SMILES string of the molecule is CC1CCCC(NC(=O)C(CS(=O)(=O)c2ccc3c(c2)CCC(=O)N3)c2ccccc2)C1C.CN(C(=O)C(Cc1ccccc1)NS(=O)(=O)c1ccc2c(c1)CCC(=O)N2)C1CCCCC1.COc1cccc(CNC(=O)C(CS(=O)(=O)c2ccc3c(c2)CCC(=O)N3)c2ccccc2)c1.Cc1ccc(CCNC(=O)C(Cc2ccccc2)NS(=O)(=O)c2ccc3c(c2)CCC(=O)N3)cc1. The molecule has 4 aliphatic heterocycles. The van der Waals surface area contributed by atoms with Gasteiger partial charge in [-0.15, -0.1) is 0 Å². The van der Waals surface area contributed by atoms with E-state index >= 15 is 0 Å². The summed E-state index contributed by atoms with van der Waals surface area (Å²) in [7, 11) is -12.1. The molecule has 4 heterocycles. The first kappa shape index (κ1) is 99.9. The first-order chi connectivity index (χ1) is 64.7. The van der Waals surface area contributed by atoms with E-state index in [2.05, 4.69) is 60.5 Å². The minimum absolute atomic E-state index is 0.0579. The molecule has 0 spiro atoms. The third kappa shape index (κ3) is 27.6. The second kappa shape index (κ2) is 46.1.